The van der Waals surface area contributed by atoms with Crippen LogP contribution in [0.25, 0.3) is 17.0 Å². The summed E-state index contributed by atoms with van der Waals surface area (Å²) in [5, 5.41) is 1.44. The molecule has 4 heterocycles. The molecule has 2 bridgehead atoms. The minimum Gasteiger partial charge on any atom is -0.358 e. The molecule has 0 saturated carbocycles. The van der Waals surface area contributed by atoms with Crippen LogP contribution < -0.4 is 10.6 Å². The summed E-state index contributed by atoms with van der Waals surface area (Å²) in [7, 11) is 2.21. The van der Waals surface area contributed by atoms with Gasteiger partial charge in [0.25, 0.3) is 0 Å². The summed E-state index contributed by atoms with van der Waals surface area (Å²) in [4.78, 5) is 2.56. The largest absolute Gasteiger partial charge is 0.358 e. The van der Waals surface area contributed by atoms with E-state index in [1.807, 2.05) is 6.08 Å². The number of aryl methyl sites for hydroxylation is 1. The smallest absolute Gasteiger partial charge is 0.112 e. The van der Waals surface area contributed by atoms with Crippen molar-refractivity contribution in [2.75, 3.05) is 24.5 Å². The van der Waals surface area contributed by atoms with Gasteiger partial charge in [-0.25, -0.2) is 0 Å². The normalized spacial score (nSPS) is 18.4. The highest BCUT2D eigenvalue weighted by Crippen LogP contribution is 2.47. The number of aromatic nitrogens is 1. The Balaban J connectivity index is 1.95. The molecule has 1 aromatic heterocycles. The molecule has 104 valence electrons. The van der Waals surface area contributed by atoms with Crippen LogP contribution in [0.4, 0.5) is 5.82 Å². The first-order valence-corrected chi connectivity index (χ1v) is 7.53. The fourth-order valence-corrected chi connectivity index (χ4v) is 3.95. The Bertz CT molecular complexity index is 688. The van der Waals surface area contributed by atoms with Gasteiger partial charge in [0, 0.05) is 43.1 Å². The highest BCUT2D eigenvalue weighted by Gasteiger charge is 2.35. The number of hydrogen-bond donors (Lipinski definition) is 1. The Morgan fingerprint density at radius 2 is 2.10 bits per heavy atom. The van der Waals surface area contributed by atoms with E-state index in [2.05, 4.69) is 40.8 Å². The van der Waals surface area contributed by atoms with Gasteiger partial charge in [0.15, 0.2) is 0 Å². The SMILES string of the molecule is Cn1c2c(c3cc(/C=C/CN)ccc31)C1CCN2CC1. The van der Waals surface area contributed by atoms with Crippen LogP contribution in [0.15, 0.2) is 24.3 Å². The zero-order valence-electron chi connectivity index (χ0n) is 12.0. The maximum Gasteiger partial charge on any atom is 0.112 e. The minimum absolute atomic E-state index is 0.599. The van der Waals surface area contributed by atoms with E-state index in [4.69, 9.17) is 5.73 Å². The van der Waals surface area contributed by atoms with E-state index < -0.39 is 0 Å². The van der Waals surface area contributed by atoms with Gasteiger partial charge in [0.1, 0.15) is 5.82 Å². The lowest BCUT2D eigenvalue weighted by molar-refractivity contribution is 0.469. The van der Waals surface area contributed by atoms with Crippen molar-refractivity contribution in [2.45, 2.75) is 18.8 Å². The van der Waals surface area contributed by atoms with Crippen molar-refractivity contribution in [1.82, 2.24) is 4.57 Å². The molecule has 0 aliphatic carbocycles. The molecule has 1 fully saturated rings. The van der Waals surface area contributed by atoms with Crippen molar-refractivity contribution in [3.05, 3.63) is 35.4 Å². The molecule has 0 atom stereocenters. The first kappa shape index (κ1) is 12.0. The quantitative estimate of drug-likeness (QED) is 0.908. The Morgan fingerprint density at radius 1 is 1.30 bits per heavy atom. The van der Waals surface area contributed by atoms with Crippen LogP contribution >= 0.6 is 0 Å². The Kier molecular flexibility index (Phi) is 2.64. The van der Waals surface area contributed by atoms with Crippen LogP contribution in [-0.2, 0) is 7.05 Å². The Morgan fingerprint density at radius 3 is 2.85 bits per heavy atom. The second-order valence-corrected chi connectivity index (χ2v) is 5.97. The number of nitrogens with zero attached hydrogens (tertiary/aromatic N) is 2. The van der Waals surface area contributed by atoms with Crippen molar-refractivity contribution in [1.29, 1.82) is 0 Å². The van der Waals surface area contributed by atoms with Crippen LogP contribution in [0.3, 0.4) is 0 Å². The van der Waals surface area contributed by atoms with Crippen LogP contribution in [0.1, 0.15) is 29.9 Å². The van der Waals surface area contributed by atoms with E-state index >= 15 is 0 Å². The molecular weight excluding hydrogens is 246 g/mol. The molecule has 3 nitrogen and oxygen atoms in total. The van der Waals surface area contributed by atoms with E-state index in [1.165, 1.54) is 48.2 Å². The number of nitrogens with two attached hydrogens (primary N) is 1. The van der Waals surface area contributed by atoms with E-state index in [1.54, 1.807) is 5.56 Å². The summed E-state index contributed by atoms with van der Waals surface area (Å²) < 4.78 is 2.38. The first-order valence-electron chi connectivity index (χ1n) is 7.53. The molecule has 3 aliphatic heterocycles. The van der Waals surface area contributed by atoms with Crippen molar-refractivity contribution >= 4 is 22.8 Å². The molecule has 0 unspecified atom stereocenters. The number of anilines is 1. The average molecular weight is 267 g/mol. The van der Waals surface area contributed by atoms with E-state index in [9.17, 15) is 0 Å². The van der Waals surface area contributed by atoms with Crippen molar-refractivity contribution < 1.29 is 0 Å². The molecule has 0 radical (unpaired) electrons. The fraction of sp³-hybridized carbons (Fsp3) is 0.412. The second kappa shape index (κ2) is 4.38. The predicted molar refractivity (Wildman–Crippen MR) is 85.2 cm³/mol. The van der Waals surface area contributed by atoms with Gasteiger partial charge in [-0.15, -0.1) is 0 Å². The van der Waals surface area contributed by atoms with Crippen molar-refractivity contribution in [2.24, 2.45) is 12.8 Å². The zero-order valence-corrected chi connectivity index (χ0v) is 12.0. The van der Waals surface area contributed by atoms with Crippen LogP contribution in [0.5, 0.6) is 0 Å². The molecule has 20 heavy (non-hydrogen) atoms. The summed E-state index contributed by atoms with van der Waals surface area (Å²) in [5.41, 5.74) is 9.76. The summed E-state index contributed by atoms with van der Waals surface area (Å²) in [6.07, 6.45) is 6.77. The number of benzene rings is 1. The highest BCUT2D eigenvalue weighted by atomic mass is 15.3. The Hall–Kier alpha value is -1.74. The lowest BCUT2D eigenvalue weighted by Crippen LogP contribution is -2.39. The van der Waals surface area contributed by atoms with Crippen LogP contribution in [0.2, 0.25) is 0 Å². The summed E-state index contributed by atoms with van der Waals surface area (Å²) >= 11 is 0. The van der Waals surface area contributed by atoms with Crippen LogP contribution in [0, 0.1) is 0 Å². The van der Waals surface area contributed by atoms with Crippen molar-refractivity contribution in [3.63, 3.8) is 0 Å². The lowest BCUT2D eigenvalue weighted by atomic mass is 9.84. The zero-order chi connectivity index (χ0) is 13.7. The number of piperidine rings is 1. The standard InChI is InChI=1S/C17H21N3/c1-19-15-5-4-12(3-2-8-18)11-14(15)16-13-6-9-20(10-7-13)17(16)19/h2-5,11,13H,6-10,18H2,1H3/b3-2+. The molecule has 2 N–H and O–H groups in total. The van der Waals surface area contributed by atoms with E-state index in [-0.39, 0.29) is 0 Å². The van der Waals surface area contributed by atoms with E-state index in [0.29, 0.717) is 6.54 Å². The minimum atomic E-state index is 0.599. The molecule has 3 heteroatoms. The van der Waals surface area contributed by atoms with E-state index in [0.717, 1.165) is 5.92 Å². The third-order valence-corrected chi connectivity index (χ3v) is 4.88. The summed E-state index contributed by atoms with van der Waals surface area (Å²) in [6, 6.07) is 6.78. The highest BCUT2D eigenvalue weighted by molar-refractivity contribution is 5.93. The maximum atomic E-state index is 5.56. The molecule has 0 spiro atoms. The van der Waals surface area contributed by atoms with Gasteiger partial charge in [0.05, 0.1) is 0 Å². The molecule has 0 amide bonds. The second-order valence-electron chi connectivity index (χ2n) is 5.97. The van der Waals surface area contributed by atoms with Gasteiger partial charge in [-0.1, -0.05) is 18.2 Å². The van der Waals surface area contributed by atoms with Crippen LogP contribution in [-0.4, -0.2) is 24.2 Å². The van der Waals surface area contributed by atoms with Gasteiger partial charge in [-0.3, -0.25) is 0 Å². The fourth-order valence-electron chi connectivity index (χ4n) is 3.95. The van der Waals surface area contributed by atoms with Gasteiger partial charge in [0.2, 0.25) is 0 Å². The third kappa shape index (κ3) is 1.56. The van der Waals surface area contributed by atoms with Gasteiger partial charge >= 0.3 is 0 Å². The molecule has 3 aliphatic rings. The monoisotopic (exact) mass is 267 g/mol. The summed E-state index contributed by atoms with van der Waals surface area (Å²) in [6.45, 7) is 3.05. The molecule has 1 saturated heterocycles. The maximum absolute atomic E-state index is 5.56. The first-order chi connectivity index (χ1) is 9.79. The molecule has 1 aromatic carbocycles. The number of rotatable bonds is 2. The average Bonchev–Trinajstić information content (AvgIpc) is 2.82. The third-order valence-electron chi connectivity index (χ3n) is 4.88. The molecule has 2 aromatic rings. The summed E-state index contributed by atoms with van der Waals surface area (Å²) in [5.74, 6) is 2.22. The lowest BCUT2D eigenvalue weighted by Gasteiger charge is -2.41. The number of hydrogen-bond acceptors (Lipinski definition) is 2. The Labute approximate surface area is 119 Å². The predicted octanol–water partition coefficient (Wildman–Crippen LogP) is 2.85. The van der Waals surface area contributed by atoms with Gasteiger partial charge < -0.3 is 15.2 Å². The van der Waals surface area contributed by atoms with Crippen molar-refractivity contribution in [3.8, 4) is 0 Å². The topological polar surface area (TPSA) is 34.2 Å². The number of fused-ring (bicyclic) bond motifs is 3. The molecular formula is C17H21N3. The van der Waals surface area contributed by atoms with Gasteiger partial charge in [-0.05, 0) is 36.5 Å². The van der Waals surface area contributed by atoms with Gasteiger partial charge in [-0.2, -0.15) is 0 Å². The molecule has 5 rings (SSSR count).